The summed E-state index contributed by atoms with van der Waals surface area (Å²) in [5, 5.41) is 25.9. The first kappa shape index (κ1) is 34.8. The quantitative estimate of drug-likeness (QED) is 0.110. The molecule has 1 amide bonds. The van der Waals surface area contributed by atoms with Gasteiger partial charge in [-0.05, 0) is 61.7 Å². The van der Waals surface area contributed by atoms with Gasteiger partial charge in [-0.15, -0.1) is 0 Å². The van der Waals surface area contributed by atoms with Gasteiger partial charge in [0.05, 0.1) is 29.6 Å². The Kier molecular flexibility index (Phi) is 11.5. The first-order valence-electron chi connectivity index (χ1n) is 16.1. The van der Waals surface area contributed by atoms with Crippen molar-refractivity contribution in [3.8, 4) is 0 Å². The maximum absolute atomic E-state index is 13.0. The molecular formula is C34H46ClN9O2S. The molecule has 0 radical (unpaired) electrons. The van der Waals surface area contributed by atoms with Gasteiger partial charge < -0.3 is 30.5 Å². The van der Waals surface area contributed by atoms with Crippen molar-refractivity contribution in [2.45, 2.75) is 63.3 Å². The van der Waals surface area contributed by atoms with Crippen LogP contribution >= 0.6 is 23.5 Å². The summed E-state index contributed by atoms with van der Waals surface area (Å²) < 4.78 is 5.43. The molecule has 0 bridgehead atoms. The van der Waals surface area contributed by atoms with Gasteiger partial charge in [0.25, 0.3) is 5.91 Å². The highest BCUT2D eigenvalue weighted by Gasteiger charge is 2.30. The molecule has 0 saturated heterocycles. The van der Waals surface area contributed by atoms with E-state index in [9.17, 15) is 9.90 Å². The zero-order chi connectivity index (χ0) is 33.7. The van der Waals surface area contributed by atoms with E-state index in [2.05, 4.69) is 90.7 Å². The van der Waals surface area contributed by atoms with Crippen molar-refractivity contribution in [3.63, 3.8) is 0 Å². The molecule has 252 valence electrons. The van der Waals surface area contributed by atoms with Gasteiger partial charge in [0.15, 0.2) is 12.1 Å². The average molecular weight is 680 g/mol. The molecule has 6 N–H and O–H groups in total. The Labute approximate surface area is 286 Å². The van der Waals surface area contributed by atoms with Crippen molar-refractivity contribution >= 4 is 57.7 Å². The van der Waals surface area contributed by atoms with E-state index in [1.54, 1.807) is 11.9 Å². The largest absolute Gasteiger partial charge is 0.394 e. The Morgan fingerprint density at radius 1 is 1.15 bits per heavy atom. The monoisotopic (exact) mass is 679 g/mol. The highest BCUT2D eigenvalue weighted by atomic mass is 35.5. The minimum atomic E-state index is -0.450. The Balaban J connectivity index is 1.16. The number of benzene rings is 2. The van der Waals surface area contributed by atoms with E-state index in [-0.39, 0.29) is 36.6 Å². The van der Waals surface area contributed by atoms with Crippen molar-refractivity contribution in [1.29, 1.82) is 0 Å². The molecule has 0 spiro atoms. The molecule has 3 unspecified atom stereocenters. The van der Waals surface area contributed by atoms with Crippen LogP contribution < -0.4 is 30.9 Å². The summed E-state index contributed by atoms with van der Waals surface area (Å²) in [6.07, 6.45) is 5.66. The maximum atomic E-state index is 13.0. The fourth-order valence-corrected chi connectivity index (χ4v) is 6.72. The van der Waals surface area contributed by atoms with Crippen LogP contribution in [0, 0.1) is 5.92 Å². The van der Waals surface area contributed by atoms with Crippen molar-refractivity contribution in [2.24, 2.45) is 10.9 Å². The molecular weight excluding hydrogens is 634 g/mol. The second-order valence-corrected chi connectivity index (χ2v) is 13.9. The first-order chi connectivity index (χ1) is 22.6. The minimum absolute atomic E-state index is 0.0136. The zero-order valence-electron chi connectivity index (χ0n) is 27.8. The van der Waals surface area contributed by atoms with E-state index in [0.717, 1.165) is 16.4 Å². The Morgan fingerprint density at radius 2 is 1.91 bits per heavy atom. The number of amides is 1. The number of fused-ring (bicyclic) bond motifs is 2. The lowest BCUT2D eigenvalue weighted by Crippen LogP contribution is -2.47. The van der Waals surface area contributed by atoms with Crippen molar-refractivity contribution in [1.82, 2.24) is 30.2 Å². The van der Waals surface area contributed by atoms with Crippen LogP contribution in [0.1, 0.15) is 52.0 Å². The molecule has 2 heterocycles. The van der Waals surface area contributed by atoms with Crippen LogP contribution in [0.5, 0.6) is 0 Å². The first-order valence-corrected chi connectivity index (χ1v) is 17.3. The SMILES string of the molecule is CC(C)C(CO)NC1=NC(NC2C=C(Cl)C(C(=O)NCCNSc3cccc4c(N(C)C)cccc34)=CC2)c2ncn(C(C)C)c2N1. The maximum Gasteiger partial charge on any atom is 0.252 e. The molecule has 3 aromatic rings. The van der Waals surface area contributed by atoms with Gasteiger partial charge in [0.1, 0.15) is 11.5 Å². The molecule has 13 heteroatoms. The lowest BCUT2D eigenvalue weighted by Gasteiger charge is -2.30. The second-order valence-electron chi connectivity index (χ2n) is 12.6. The van der Waals surface area contributed by atoms with Gasteiger partial charge in [-0.2, -0.15) is 0 Å². The van der Waals surface area contributed by atoms with Crippen LogP contribution in [-0.2, 0) is 4.79 Å². The number of nitrogens with zero attached hydrogens (tertiary/aromatic N) is 4. The van der Waals surface area contributed by atoms with E-state index < -0.39 is 6.17 Å². The number of carbonyl (C=O) groups excluding carboxylic acids is 1. The topological polar surface area (TPSA) is 131 Å². The number of rotatable bonds is 13. The zero-order valence-corrected chi connectivity index (χ0v) is 29.4. The minimum Gasteiger partial charge on any atom is -0.394 e. The number of imidazole rings is 1. The third-order valence-corrected chi connectivity index (χ3v) is 9.54. The third-order valence-electron chi connectivity index (χ3n) is 8.29. The van der Waals surface area contributed by atoms with Gasteiger partial charge in [-0.25, -0.2) is 9.98 Å². The summed E-state index contributed by atoms with van der Waals surface area (Å²) >= 11 is 8.22. The van der Waals surface area contributed by atoms with Gasteiger partial charge >= 0.3 is 0 Å². The highest BCUT2D eigenvalue weighted by Crippen LogP contribution is 2.33. The molecule has 0 fully saturated rings. The predicted octanol–water partition coefficient (Wildman–Crippen LogP) is 4.89. The molecule has 1 aliphatic heterocycles. The summed E-state index contributed by atoms with van der Waals surface area (Å²) in [5.74, 6) is 1.42. The molecule has 5 rings (SSSR count). The van der Waals surface area contributed by atoms with Gasteiger partial charge in [-0.3, -0.25) is 14.8 Å². The predicted molar refractivity (Wildman–Crippen MR) is 194 cm³/mol. The molecule has 47 heavy (non-hydrogen) atoms. The summed E-state index contributed by atoms with van der Waals surface area (Å²) in [6.45, 7) is 9.31. The molecule has 1 aromatic heterocycles. The van der Waals surface area contributed by atoms with E-state index >= 15 is 0 Å². The van der Waals surface area contributed by atoms with Crippen molar-refractivity contribution < 1.29 is 9.90 Å². The molecule has 3 atom stereocenters. The number of nitrogens with one attached hydrogen (secondary N) is 5. The van der Waals surface area contributed by atoms with Crippen molar-refractivity contribution in [3.05, 3.63) is 71.2 Å². The summed E-state index contributed by atoms with van der Waals surface area (Å²) in [6, 6.07) is 12.5. The Hall–Kier alpha value is -3.55. The normalized spacial score (nSPS) is 18.3. The number of hydrogen-bond acceptors (Lipinski definition) is 10. The van der Waals surface area contributed by atoms with Crippen LogP contribution in [0.15, 0.2) is 75.4 Å². The van der Waals surface area contributed by atoms with Crippen LogP contribution in [0.3, 0.4) is 0 Å². The number of carbonyl (C=O) groups is 1. The molecule has 1 aliphatic carbocycles. The van der Waals surface area contributed by atoms with Gasteiger partial charge in [0.2, 0.25) is 0 Å². The lowest BCUT2D eigenvalue weighted by molar-refractivity contribution is -0.117. The number of guanidine groups is 1. The number of aliphatic hydroxyl groups is 1. The molecule has 2 aromatic carbocycles. The highest BCUT2D eigenvalue weighted by molar-refractivity contribution is 7.97. The molecule has 2 aliphatic rings. The van der Waals surface area contributed by atoms with Crippen LogP contribution in [0.2, 0.25) is 0 Å². The fraction of sp³-hybridized carbons (Fsp3) is 0.441. The average Bonchev–Trinajstić information content (AvgIpc) is 3.48. The summed E-state index contributed by atoms with van der Waals surface area (Å²) in [4.78, 5) is 25.8. The van der Waals surface area contributed by atoms with E-state index in [1.807, 2.05) is 46.4 Å². The number of aromatic nitrogens is 2. The molecule has 11 nitrogen and oxygen atoms in total. The Morgan fingerprint density at radius 3 is 2.62 bits per heavy atom. The van der Waals surface area contributed by atoms with Crippen molar-refractivity contribution in [2.75, 3.05) is 44.0 Å². The number of halogens is 1. The molecule has 0 saturated carbocycles. The summed E-state index contributed by atoms with van der Waals surface area (Å²) in [7, 11) is 4.10. The summed E-state index contributed by atoms with van der Waals surface area (Å²) in [5.41, 5.74) is 2.42. The number of hydrogen-bond donors (Lipinski definition) is 6. The van der Waals surface area contributed by atoms with Gasteiger partial charge in [-0.1, -0.05) is 55.8 Å². The van der Waals surface area contributed by atoms with Crippen LogP contribution in [-0.4, -0.2) is 72.4 Å². The second kappa shape index (κ2) is 15.6. The van der Waals surface area contributed by atoms with E-state index in [4.69, 9.17) is 16.6 Å². The standard InChI is InChI=1S/C34H46ClN9O2S/c1-20(2)27(18-45)40-34-41-31(30-32(42-34)44(19-37-30)21(3)4)39-22-13-14-25(26(35)17-22)33(46)36-15-16-38-47-29-12-8-9-23-24(29)10-7-11-28(23)43(5)6/h7-12,14,17,19-22,27,31,38-39,45H,13,15-16,18H2,1-6H3,(H,36,46)(H2,40,41,42). The van der Waals surface area contributed by atoms with E-state index in [0.29, 0.717) is 36.1 Å². The Bertz CT molecular complexity index is 1670. The number of aliphatic imine (C=N–C) groups is 1. The fourth-order valence-electron chi connectivity index (χ4n) is 5.61. The van der Waals surface area contributed by atoms with Crippen LogP contribution in [0.25, 0.3) is 10.8 Å². The smallest absolute Gasteiger partial charge is 0.252 e. The number of anilines is 2. The number of aliphatic hydroxyl groups excluding tert-OH is 1. The lowest BCUT2D eigenvalue weighted by atomic mass is 10.0. The van der Waals surface area contributed by atoms with Crippen LogP contribution in [0.4, 0.5) is 11.5 Å². The van der Waals surface area contributed by atoms with Gasteiger partial charge in [0, 0.05) is 55.2 Å². The van der Waals surface area contributed by atoms with E-state index in [1.165, 1.54) is 16.5 Å². The third kappa shape index (κ3) is 8.13.